The number of nitrogens with one attached hydrogen (secondary N) is 2. The van der Waals surface area contributed by atoms with Gasteiger partial charge in [-0.15, -0.1) is 0 Å². The first-order chi connectivity index (χ1) is 11.4. The molecule has 0 saturated heterocycles. The van der Waals surface area contributed by atoms with Crippen molar-refractivity contribution in [1.29, 1.82) is 0 Å². The minimum Gasteiger partial charge on any atom is -0.327 e. The van der Waals surface area contributed by atoms with E-state index in [1.165, 1.54) is 0 Å². The van der Waals surface area contributed by atoms with Gasteiger partial charge in [-0.1, -0.05) is 40.9 Å². The number of aromatic nitrogens is 2. The predicted molar refractivity (Wildman–Crippen MR) is 98.1 cm³/mol. The van der Waals surface area contributed by atoms with Crippen molar-refractivity contribution in [2.24, 2.45) is 0 Å². The molecule has 2 aromatic carbocycles. The van der Waals surface area contributed by atoms with Gasteiger partial charge < -0.3 is 9.88 Å². The number of rotatable bonds is 4. The number of benzene rings is 2. The highest BCUT2D eigenvalue weighted by atomic mass is 35.5. The molecule has 1 atom stereocenters. The van der Waals surface area contributed by atoms with Gasteiger partial charge in [0, 0.05) is 10.6 Å². The van der Waals surface area contributed by atoms with Crippen molar-refractivity contribution in [1.82, 2.24) is 9.97 Å². The van der Waals surface area contributed by atoms with E-state index in [4.69, 9.17) is 34.8 Å². The molecule has 0 saturated carbocycles. The molecular weight excluding hydrogens is 369 g/mol. The number of hydrogen-bond acceptors (Lipinski definition) is 2. The first-order valence-electron chi connectivity index (χ1n) is 7.36. The van der Waals surface area contributed by atoms with Gasteiger partial charge in [0.05, 0.1) is 28.0 Å². The van der Waals surface area contributed by atoms with E-state index in [1.807, 2.05) is 19.2 Å². The zero-order chi connectivity index (χ0) is 17.3. The van der Waals surface area contributed by atoms with Gasteiger partial charge in [0.1, 0.15) is 13.1 Å². The maximum Gasteiger partial charge on any atom is 0.258 e. The highest BCUT2D eigenvalue weighted by Gasteiger charge is 2.11. The van der Waals surface area contributed by atoms with Gasteiger partial charge in [-0.05, 0) is 30.3 Å². The molecule has 0 spiro atoms. The summed E-state index contributed by atoms with van der Waals surface area (Å²) in [6.07, 6.45) is 0. The van der Waals surface area contributed by atoms with Crippen molar-refractivity contribution in [3.63, 3.8) is 0 Å². The minimum atomic E-state index is -0.158. The molecule has 0 aliphatic heterocycles. The lowest BCUT2D eigenvalue weighted by Crippen LogP contribution is -3.06. The Balaban J connectivity index is 1.81. The van der Waals surface area contributed by atoms with Gasteiger partial charge in [0.25, 0.3) is 5.56 Å². The topological polar surface area (TPSA) is 50.2 Å². The molecule has 0 bridgehead atoms. The molecule has 4 nitrogen and oxygen atoms in total. The van der Waals surface area contributed by atoms with Gasteiger partial charge in [-0.3, -0.25) is 4.79 Å². The smallest absolute Gasteiger partial charge is 0.258 e. The van der Waals surface area contributed by atoms with Crippen LogP contribution < -0.4 is 10.5 Å². The molecule has 0 radical (unpaired) electrons. The molecule has 1 aromatic heterocycles. The lowest BCUT2D eigenvalue weighted by molar-refractivity contribution is -0.908. The monoisotopic (exact) mass is 382 g/mol. The average Bonchev–Trinajstić information content (AvgIpc) is 2.50. The third-order valence-corrected chi connectivity index (χ3v) is 4.65. The molecule has 1 unspecified atom stereocenters. The Kier molecular flexibility index (Phi) is 5.11. The molecule has 3 rings (SSSR count). The Bertz CT molecular complexity index is 955. The van der Waals surface area contributed by atoms with E-state index < -0.39 is 0 Å². The summed E-state index contributed by atoms with van der Waals surface area (Å²) in [7, 11) is 2.02. The van der Waals surface area contributed by atoms with Crippen LogP contribution in [0.2, 0.25) is 15.1 Å². The summed E-state index contributed by atoms with van der Waals surface area (Å²) in [5.41, 5.74) is 1.51. The zero-order valence-corrected chi connectivity index (χ0v) is 15.1. The Morgan fingerprint density at radius 1 is 1.04 bits per heavy atom. The van der Waals surface area contributed by atoms with E-state index in [1.54, 1.807) is 24.3 Å². The number of fused-ring (bicyclic) bond motifs is 1. The van der Waals surface area contributed by atoms with Crippen molar-refractivity contribution >= 4 is 45.7 Å². The van der Waals surface area contributed by atoms with Gasteiger partial charge in [0.2, 0.25) is 0 Å². The van der Waals surface area contributed by atoms with Crippen molar-refractivity contribution in [3.05, 3.63) is 73.2 Å². The van der Waals surface area contributed by atoms with Crippen LogP contribution >= 0.6 is 34.8 Å². The molecule has 3 aromatic rings. The van der Waals surface area contributed by atoms with Crippen molar-refractivity contribution in [3.8, 4) is 0 Å². The standard InChI is InChI=1S/C17H14Cl3N3O/c1-23(8-10-2-5-13(19)14(20)6-10)9-16-21-15-7-11(18)3-4-12(15)17(24)22-16/h2-7H,8-9H2,1H3,(H,21,22,24)/p+1. The van der Waals surface area contributed by atoms with E-state index in [0.717, 1.165) is 17.0 Å². The lowest BCUT2D eigenvalue weighted by atomic mass is 10.2. The zero-order valence-electron chi connectivity index (χ0n) is 12.9. The number of aromatic amines is 1. The second-order valence-electron chi connectivity index (χ2n) is 5.73. The van der Waals surface area contributed by atoms with E-state index in [-0.39, 0.29) is 5.56 Å². The lowest BCUT2D eigenvalue weighted by Gasteiger charge is -2.14. The summed E-state index contributed by atoms with van der Waals surface area (Å²) in [4.78, 5) is 20.6. The number of H-pyrrole nitrogens is 1. The minimum absolute atomic E-state index is 0.158. The van der Waals surface area contributed by atoms with Crippen molar-refractivity contribution < 1.29 is 4.90 Å². The molecule has 0 aliphatic rings. The van der Waals surface area contributed by atoms with Crippen LogP contribution in [0.3, 0.4) is 0 Å². The highest BCUT2D eigenvalue weighted by molar-refractivity contribution is 6.42. The van der Waals surface area contributed by atoms with Gasteiger partial charge >= 0.3 is 0 Å². The van der Waals surface area contributed by atoms with Gasteiger partial charge in [0.15, 0.2) is 5.82 Å². The molecule has 24 heavy (non-hydrogen) atoms. The molecule has 1 heterocycles. The average molecular weight is 384 g/mol. The van der Waals surface area contributed by atoms with Crippen LogP contribution in [0.1, 0.15) is 11.4 Å². The van der Waals surface area contributed by atoms with E-state index in [9.17, 15) is 4.79 Å². The molecule has 0 aliphatic carbocycles. The first kappa shape index (κ1) is 17.2. The van der Waals surface area contributed by atoms with Crippen molar-refractivity contribution in [2.45, 2.75) is 13.1 Å². The van der Waals surface area contributed by atoms with Crippen molar-refractivity contribution in [2.75, 3.05) is 7.05 Å². The largest absolute Gasteiger partial charge is 0.327 e. The maximum atomic E-state index is 12.2. The normalized spacial score (nSPS) is 12.5. The molecule has 7 heteroatoms. The van der Waals surface area contributed by atoms with Crippen LogP contribution in [0.15, 0.2) is 41.2 Å². The predicted octanol–water partition coefficient (Wildman–Crippen LogP) is 3.10. The number of halogens is 3. The summed E-state index contributed by atoms with van der Waals surface area (Å²) in [6, 6.07) is 10.6. The molecule has 2 N–H and O–H groups in total. The van der Waals surface area contributed by atoms with Crippen LogP contribution in [-0.4, -0.2) is 17.0 Å². The number of hydrogen-bond donors (Lipinski definition) is 2. The second kappa shape index (κ2) is 7.11. The summed E-state index contributed by atoms with van der Waals surface area (Å²) in [5, 5.41) is 2.16. The molecule has 124 valence electrons. The van der Waals surface area contributed by atoms with Gasteiger partial charge in [-0.2, -0.15) is 0 Å². The molecule has 0 fully saturated rings. The van der Waals surface area contributed by atoms with Crippen LogP contribution in [-0.2, 0) is 13.1 Å². The van der Waals surface area contributed by atoms with Gasteiger partial charge in [-0.25, -0.2) is 4.98 Å². The van der Waals surface area contributed by atoms with E-state index >= 15 is 0 Å². The number of nitrogens with zero attached hydrogens (tertiary/aromatic N) is 1. The van der Waals surface area contributed by atoms with E-state index in [0.29, 0.717) is 38.3 Å². The fourth-order valence-corrected chi connectivity index (χ4v) is 3.08. The Morgan fingerprint density at radius 2 is 1.83 bits per heavy atom. The highest BCUT2D eigenvalue weighted by Crippen LogP contribution is 2.22. The third kappa shape index (κ3) is 3.90. The fraction of sp³-hybridized carbons (Fsp3) is 0.176. The van der Waals surface area contributed by atoms with Crippen LogP contribution in [0.25, 0.3) is 10.9 Å². The maximum absolute atomic E-state index is 12.2. The summed E-state index contributed by atoms with van der Waals surface area (Å²) >= 11 is 18.0. The Labute approximate surface area is 154 Å². The quantitative estimate of drug-likeness (QED) is 0.727. The third-order valence-electron chi connectivity index (χ3n) is 3.68. The van der Waals surface area contributed by atoms with Crippen LogP contribution in [0.4, 0.5) is 0 Å². The first-order valence-corrected chi connectivity index (χ1v) is 8.49. The molecular formula is C17H15Cl3N3O+. The molecule has 0 amide bonds. The number of quaternary nitrogens is 1. The fourth-order valence-electron chi connectivity index (χ4n) is 2.59. The van der Waals surface area contributed by atoms with Crippen LogP contribution in [0, 0.1) is 0 Å². The summed E-state index contributed by atoms with van der Waals surface area (Å²) < 4.78 is 0. The summed E-state index contributed by atoms with van der Waals surface area (Å²) in [5.74, 6) is 0.618. The SMILES string of the molecule is C[NH+](Cc1ccc(Cl)c(Cl)c1)Cc1nc2cc(Cl)ccc2c(=O)[nH]1. The van der Waals surface area contributed by atoms with Crippen LogP contribution in [0.5, 0.6) is 0 Å². The summed E-state index contributed by atoms with van der Waals surface area (Å²) in [6.45, 7) is 1.30. The second-order valence-corrected chi connectivity index (χ2v) is 6.98. The Hall–Kier alpha value is -1.59. The Morgan fingerprint density at radius 3 is 2.58 bits per heavy atom. The van der Waals surface area contributed by atoms with E-state index in [2.05, 4.69) is 9.97 Å².